The number of nitrogens with two attached hydrogens (primary N) is 1. The van der Waals surface area contributed by atoms with E-state index in [1.165, 1.54) is 0 Å². The lowest BCUT2D eigenvalue weighted by Crippen LogP contribution is -2.48. The van der Waals surface area contributed by atoms with Gasteiger partial charge in [-0.1, -0.05) is 0 Å². The second-order valence-corrected chi connectivity index (χ2v) is 5.03. The minimum atomic E-state index is -0.230. The first kappa shape index (κ1) is 20.8. The zero-order chi connectivity index (χ0) is 15.5. The van der Waals surface area contributed by atoms with E-state index in [0.29, 0.717) is 32.2 Å². The van der Waals surface area contributed by atoms with Gasteiger partial charge < -0.3 is 20.7 Å². The summed E-state index contributed by atoms with van der Waals surface area (Å²) in [5.74, 6) is 3.08. The predicted octanol–water partition coefficient (Wildman–Crippen LogP) is 1.93. The van der Waals surface area contributed by atoms with Gasteiger partial charge in [-0.05, 0) is 32.6 Å². The Morgan fingerprint density at radius 2 is 2.14 bits per heavy atom. The van der Waals surface area contributed by atoms with Crippen LogP contribution in [0, 0.1) is 12.3 Å². The lowest BCUT2D eigenvalue weighted by molar-refractivity contribution is 0.0963. The van der Waals surface area contributed by atoms with Crippen molar-refractivity contribution in [1.82, 2.24) is 10.2 Å². The number of ether oxygens (including phenoxy) is 1. The van der Waals surface area contributed by atoms with Crippen molar-refractivity contribution in [3.8, 4) is 12.3 Å². The van der Waals surface area contributed by atoms with Gasteiger partial charge in [-0.15, -0.1) is 36.3 Å². The van der Waals surface area contributed by atoms with E-state index in [2.05, 4.69) is 16.2 Å². The molecule has 0 atom stereocenters. The fourth-order valence-corrected chi connectivity index (χ4v) is 2.21. The van der Waals surface area contributed by atoms with E-state index in [9.17, 15) is 4.79 Å². The van der Waals surface area contributed by atoms with Crippen LogP contribution in [0.25, 0.3) is 0 Å². The highest BCUT2D eigenvalue weighted by molar-refractivity contribution is 14.0. The Balaban J connectivity index is 0.00000441. The van der Waals surface area contributed by atoms with E-state index in [4.69, 9.17) is 16.9 Å². The summed E-state index contributed by atoms with van der Waals surface area (Å²) in [6, 6.07) is 0.269. The molecule has 0 aliphatic carbocycles. The molecule has 1 amide bonds. The first-order valence-corrected chi connectivity index (χ1v) is 7.59. The molecule has 0 unspecified atom stereocenters. The molecule has 22 heavy (non-hydrogen) atoms. The summed E-state index contributed by atoms with van der Waals surface area (Å²) in [7, 11) is 0. The summed E-state index contributed by atoms with van der Waals surface area (Å²) in [6.07, 6.45) is 9.38. The minimum absolute atomic E-state index is 0. The number of piperidine rings is 1. The van der Waals surface area contributed by atoms with E-state index in [-0.39, 0.29) is 36.1 Å². The van der Waals surface area contributed by atoms with Gasteiger partial charge in [0.05, 0.1) is 6.61 Å². The van der Waals surface area contributed by atoms with E-state index >= 15 is 0 Å². The monoisotopic (exact) mass is 422 g/mol. The van der Waals surface area contributed by atoms with Crippen LogP contribution in [0.3, 0.4) is 0 Å². The predicted molar refractivity (Wildman–Crippen MR) is 99.3 cm³/mol. The molecule has 1 fully saturated rings. The Morgan fingerprint density at radius 1 is 1.45 bits per heavy atom. The average Bonchev–Trinajstić information content (AvgIpc) is 2.48. The highest BCUT2D eigenvalue weighted by Gasteiger charge is 2.23. The van der Waals surface area contributed by atoms with Crippen molar-refractivity contribution in [2.24, 2.45) is 10.7 Å². The summed E-state index contributed by atoms with van der Waals surface area (Å²) >= 11 is 0. The van der Waals surface area contributed by atoms with E-state index in [1.54, 1.807) is 4.90 Å². The third-order valence-electron chi connectivity index (χ3n) is 3.38. The number of aliphatic imine (C=N–C) groups is 1. The van der Waals surface area contributed by atoms with Crippen LogP contribution in [-0.2, 0) is 4.74 Å². The molecule has 0 aromatic rings. The molecule has 1 heterocycles. The number of nitrogens with zero attached hydrogens (tertiary/aromatic N) is 2. The number of nitrogens with one attached hydrogen (secondary N) is 1. The summed E-state index contributed by atoms with van der Waals surface area (Å²) in [6.45, 7) is 4.29. The van der Waals surface area contributed by atoms with Crippen LogP contribution in [0.4, 0.5) is 4.79 Å². The van der Waals surface area contributed by atoms with Gasteiger partial charge in [0.15, 0.2) is 5.96 Å². The summed E-state index contributed by atoms with van der Waals surface area (Å²) in [4.78, 5) is 17.6. The van der Waals surface area contributed by atoms with Crippen LogP contribution in [-0.4, -0.2) is 49.2 Å². The van der Waals surface area contributed by atoms with Crippen LogP contribution in [0.2, 0.25) is 0 Å². The second-order valence-electron chi connectivity index (χ2n) is 5.03. The number of hydrogen-bond donors (Lipinski definition) is 2. The average molecular weight is 422 g/mol. The van der Waals surface area contributed by atoms with Gasteiger partial charge in [-0.2, -0.15) is 0 Å². The second kappa shape index (κ2) is 12.4. The van der Waals surface area contributed by atoms with Gasteiger partial charge in [0, 0.05) is 32.1 Å². The SMILES string of the molecule is C#CCCCCN=C(N)NC1CCN(C(=O)OCC)CC1.I. The Kier molecular flexibility index (Phi) is 11.7. The normalized spacial score (nSPS) is 15.6. The van der Waals surface area contributed by atoms with Gasteiger partial charge in [0.2, 0.25) is 0 Å². The highest BCUT2D eigenvalue weighted by atomic mass is 127. The molecule has 1 aliphatic heterocycles. The molecule has 1 rings (SSSR count). The number of carbonyl (C=O) groups is 1. The number of likely N-dealkylation sites (tertiary alicyclic amines) is 1. The van der Waals surface area contributed by atoms with Gasteiger partial charge in [0.1, 0.15) is 0 Å². The highest BCUT2D eigenvalue weighted by Crippen LogP contribution is 2.11. The number of halogens is 1. The molecule has 3 N–H and O–H groups in total. The maximum atomic E-state index is 11.6. The van der Waals surface area contributed by atoms with E-state index < -0.39 is 0 Å². The Labute approximate surface area is 150 Å². The first-order valence-electron chi connectivity index (χ1n) is 7.59. The largest absolute Gasteiger partial charge is 0.450 e. The lowest BCUT2D eigenvalue weighted by atomic mass is 10.1. The number of terminal acetylenes is 1. The maximum Gasteiger partial charge on any atom is 0.409 e. The van der Waals surface area contributed by atoms with E-state index in [0.717, 1.165) is 32.1 Å². The van der Waals surface area contributed by atoms with Gasteiger partial charge in [-0.25, -0.2) is 4.79 Å². The molecule has 1 saturated heterocycles. The number of rotatable bonds is 6. The molecule has 0 saturated carbocycles. The van der Waals surface area contributed by atoms with Crippen molar-refractivity contribution in [3.05, 3.63) is 0 Å². The van der Waals surface area contributed by atoms with Crippen molar-refractivity contribution >= 4 is 36.0 Å². The van der Waals surface area contributed by atoms with Gasteiger partial charge >= 0.3 is 6.09 Å². The minimum Gasteiger partial charge on any atom is -0.450 e. The van der Waals surface area contributed by atoms with Crippen LogP contribution in [0.1, 0.15) is 39.0 Å². The molecule has 1 aliphatic rings. The topological polar surface area (TPSA) is 80.0 Å². The number of amides is 1. The number of carbonyl (C=O) groups excluding carboxylic acids is 1. The summed E-state index contributed by atoms with van der Waals surface area (Å²) < 4.78 is 4.99. The van der Waals surface area contributed by atoms with Crippen molar-refractivity contribution in [2.45, 2.75) is 45.1 Å². The third kappa shape index (κ3) is 8.32. The van der Waals surface area contributed by atoms with Gasteiger partial charge in [0.25, 0.3) is 0 Å². The fourth-order valence-electron chi connectivity index (χ4n) is 2.21. The first-order chi connectivity index (χ1) is 10.2. The van der Waals surface area contributed by atoms with Gasteiger partial charge in [-0.3, -0.25) is 4.99 Å². The molecule has 126 valence electrons. The zero-order valence-electron chi connectivity index (χ0n) is 13.2. The molecule has 0 spiro atoms. The molecule has 0 aromatic heterocycles. The van der Waals surface area contributed by atoms with Crippen molar-refractivity contribution < 1.29 is 9.53 Å². The smallest absolute Gasteiger partial charge is 0.409 e. The molecule has 6 nitrogen and oxygen atoms in total. The number of unbranched alkanes of at least 4 members (excludes halogenated alkanes) is 2. The summed E-state index contributed by atoms with van der Waals surface area (Å²) in [5, 5.41) is 3.21. The molecule has 0 bridgehead atoms. The Morgan fingerprint density at radius 3 is 2.73 bits per heavy atom. The van der Waals surface area contributed by atoms with Crippen LogP contribution < -0.4 is 11.1 Å². The molecular formula is C15H27IN4O2. The van der Waals surface area contributed by atoms with Crippen molar-refractivity contribution in [1.29, 1.82) is 0 Å². The maximum absolute atomic E-state index is 11.6. The quantitative estimate of drug-likeness (QED) is 0.226. The Bertz CT molecular complexity index is 387. The lowest BCUT2D eigenvalue weighted by Gasteiger charge is -2.31. The fraction of sp³-hybridized carbons (Fsp3) is 0.733. The standard InChI is InChI=1S/C15H26N4O2.HI/c1-3-5-6-7-10-17-14(16)18-13-8-11-19(12-9-13)15(20)21-4-2;/h1,13H,4-12H2,2H3,(H3,16,17,18);1H. The molecule has 0 radical (unpaired) electrons. The van der Waals surface area contributed by atoms with Crippen molar-refractivity contribution in [2.75, 3.05) is 26.2 Å². The number of guanidine groups is 1. The zero-order valence-corrected chi connectivity index (χ0v) is 15.5. The summed E-state index contributed by atoms with van der Waals surface area (Å²) in [5.41, 5.74) is 5.85. The Hall–Kier alpha value is -1.17. The third-order valence-corrected chi connectivity index (χ3v) is 3.38. The number of hydrogen-bond acceptors (Lipinski definition) is 3. The van der Waals surface area contributed by atoms with Crippen molar-refractivity contribution in [3.63, 3.8) is 0 Å². The molecule has 0 aromatic carbocycles. The van der Waals surface area contributed by atoms with E-state index in [1.807, 2.05) is 6.92 Å². The molecule has 7 heteroatoms. The van der Waals surface area contributed by atoms with Crippen LogP contribution in [0.5, 0.6) is 0 Å². The van der Waals surface area contributed by atoms with Crippen LogP contribution in [0.15, 0.2) is 4.99 Å². The molecular weight excluding hydrogens is 395 g/mol. The van der Waals surface area contributed by atoms with Crippen LogP contribution >= 0.6 is 24.0 Å².